The van der Waals surface area contributed by atoms with Crippen molar-refractivity contribution in [3.05, 3.63) is 59.9 Å². The highest BCUT2D eigenvalue weighted by Gasteiger charge is 2.20. The van der Waals surface area contributed by atoms with Gasteiger partial charge in [-0.15, -0.1) is 0 Å². The van der Waals surface area contributed by atoms with Crippen LogP contribution in [0.2, 0.25) is 0 Å². The molecule has 3 N–H and O–H groups in total. The first-order valence-corrected chi connectivity index (χ1v) is 10.3. The first-order valence-electron chi connectivity index (χ1n) is 8.54. The molecule has 11 heteroatoms. The zero-order chi connectivity index (χ0) is 19.6. The van der Waals surface area contributed by atoms with Crippen molar-refractivity contribution in [1.29, 1.82) is 0 Å². The van der Waals surface area contributed by atoms with Crippen molar-refractivity contribution < 1.29 is 8.42 Å². The van der Waals surface area contributed by atoms with Crippen LogP contribution in [0.1, 0.15) is 16.8 Å². The molecule has 1 aliphatic heterocycles. The molecule has 3 heterocycles. The zero-order valence-electron chi connectivity index (χ0n) is 14.9. The minimum absolute atomic E-state index is 0.236. The molecule has 1 aliphatic rings. The van der Waals surface area contributed by atoms with Crippen LogP contribution < -0.4 is 15.4 Å². The average molecular weight is 398 g/mol. The summed E-state index contributed by atoms with van der Waals surface area (Å²) in [5, 5.41) is 8.19. The van der Waals surface area contributed by atoms with Crippen molar-refractivity contribution in [2.24, 2.45) is 5.14 Å². The molecule has 2 aromatic heterocycles. The van der Waals surface area contributed by atoms with E-state index in [2.05, 4.69) is 30.2 Å². The minimum Gasteiger partial charge on any atom is -0.336 e. The molecular formula is C17H18N8O2S. The number of sulfonamides is 1. The predicted molar refractivity (Wildman–Crippen MR) is 103 cm³/mol. The summed E-state index contributed by atoms with van der Waals surface area (Å²) in [6, 6.07) is 6.93. The number of aromatic nitrogens is 5. The average Bonchev–Trinajstić information content (AvgIpc) is 2.67. The fourth-order valence-corrected chi connectivity index (χ4v) is 3.68. The SMILES string of the molecule is NS(=O)(=O)Cc1cccc(Nc2ncnc(N3CCc4ncncc4C3)n2)c1. The Morgan fingerprint density at radius 2 is 2.07 bits per heavy atom. The number of nitrogens with one attached hydrogen (secondary N) is 1. The summed E-state index contributed by atoms with van der Waals surface area (Å²) in [4.78, 5) is 23.3. The van der Waals surface area contributed by atoms with Gasteiger partial charge < -0.3 is 10.2 Å². The van der Waals surface area contributed by atoms with Crippen LogP contribution in [0.3, 0.4) is 0 Å². The number of fused-ring (bicyclic) bond motifs is 1. The maximum atomic E-state index is 11.3. The highest BCUT2D eigenvalue weighted by atomic mass is 32.2. The molecule has 1 aromatic carbocycles. The largest absolute Gasteiger partial charge is 0.336 e. The van der Waals surface area contributed by atoms with Crippen LogP contribution in [0.15, 0.2) is 43.1 Å². The molecule has 3 aromatic rings. The molecule has 0 unspecified atom stereocenters. The van der Waals surface area contributed by atoms with Crippen molar-refractivity contribution in [3.8, 4) is 0 Å². The Balaban J connectivity index is 1.51. The van der Waals surface area contributed by atoms with E-state index in [1.165, 1.54) is 6.33 Å². The second-order valence-corrected chi connectivity index (χ2v) is 8.02. The number of anilines is 3. The number of hydrogen-bond acceptors (Lipinski definition) is 9. The molecular weight excluding hydrogens is 380 g/mol. The molecule has 0 spiro atoms. The van der Waals surface area contributed by atoms with Crippen molar-refractivity contribution in [1.82, 2.24) is 24.9 Å². The summed E-state index contributed by atoms with van der Waals surface area (Å²) in [6.07, 6.45) is 5.60. The fraction of sp³-hybridized carbons (Fsp3) is 0.235. The standard InChI is InChI=1S/C17H18N8O2S/c18-28(26,27)9-12-2-1-3-14(6-12)23-16-21-11-22-17(24-16)25-5-4-15-13(8-25)7-19-10-20-15/h1-3,6-7,10-11H,4-5,8-9H2,(H2,18,26,27)(H,21,22,23,24). The molecule has 4 rings (SSSR count). The first-order chi connectivity index (χ1) is 13.5. The fourth-order valence-electron chi connectivity index (χ4n) is 3.04. The van der Waals surface area contributed by atoms with Gasteiger partial charge in [0.25, 0.3) is 0 Å². The van der Waals surface area contributed by atoms with Crippen molar-refractivity contribution >= 4 is 27.6 Å². The van der Waals surface area contributed by atoms with Crippen LogP contribution in [0.25, 0.3) is 0 Å². The Bertz CT molecular complexity index is 1110. The lowest BCUT2D eigenvalue weighted by atomic mass is 10.1. The van der Waals surface area contributed by atoms with Gasteiger partial charge in [-0.05, 0) is 17.7 Å². The molecule has 0 aliphatic carbocycles. The van der Waals surface area contributed by atoms with Gasteiger partial charge in [0.2, 0.25) is 21.9 Å². The second-order valence-electron chi connectivity index (χ2n) is 6.41. The first kappa shape index (κ1) is 18.2. The number of nitrogens with zero attached hydrogens (tertiary/aromatic N) is 6. The predicted octanol–water partition coefficient (Wildman–Crippen LogP) is 0.756. The van der Waals surface area contributed by atoms with E-state index in [0.29, 0.717) is 29.7 Å². The Kier molecular flexibility index (Phi) is 4.84. The molecule has 0 fully saturated rings. The van der Waals surface area contributed by atoms with Gasteiger partial charge in [0.15, 0.2) is 0 Å². The van der Waals surface area contributed by atoms with Crippen LogP contribution in [-0.2, 0) is 28.7 Å². The highest BCUT2D eigenvalue weighted by molar-refractivity contribution is 7.88. The molecule has 0 saturated carbocycles. The van der Waals surface area contributed by atoms with E-state index in [4.69, 9.17) is 5.14 Å². The maximum absolute atomic E-state index is 11.3. The van der Waals surface area contributed by atoms with E-state index in [0.717, 1.165) is 24.2 Å². The lowest BCUT2D eigenvalue weighted by Gasteiger charge is -2.27. The van der Waals surface area contributed by atoms with E-state index < -0.39 is 10.0 Å². The highest BCUT2D eigenvalue weighted by Crippen LogP contribution is 2.21. The number of benzene rings is 1. The van der Waals surface area contributed by atoms with Gasteiger partial charge in [0.05, 0.1) is 11.4 Å². The van der Waals surface area contributed by atoms with Crippen molar-refractivity contribution in [3.63, 3.8) is 0 Å². The Labute approximate surface area is 162 Å². The smallest absolute Gasteiger partial charge is 0.231 e. The zero-order valence-corrected chi connectivity index (χ0v) is 15.7. The monoisotopic (exact) mass is 398 g/mol. The van der Waals surface area contributed by atoms with Gasteiger partial charge in [0, 0.05) is 37.0 Å². The summed E-state index contributed by atoms with van der Waals surface area (Å²) in [5.41, 5.74) is 3.34. The summed E-state index contributed by atoms with van der Waals surface area (Å²) >= 11 is 0. The molecule has 0 amide bonds. The molecule has 0 atom stereocenters. The van der Waals surface area contributed by atoms with E-state index >= 15 is 0 Å². The molecule has 0 bridgehead atoms. The van der Waals surface area contributed by atoms with E-state index in [1.807, 2.05) is 11.1 Å². The Morgan fingerprint density at radius 3 is 2.93 bits per heavy atom. The topological polar surface area (TPSA) is 140 Å². The Hall–Kier alpha value is -3.18. The number of rotatable bonds is 5. The maximum Gasteiger partial charge on any atom is 0.231 e. The van der Waals surface area contributed by atoms with Crippen LogP contribution in [0, 0.1) is 0 Å². The summed E-state index contributed by atoms with van der Waals surface area (Å²) < 4.78 is 22.6. The van der Waals surface area contributed by atoms with Gasteiger partial charge in [-0.1, -0.05) is 12.1 Å². The van der Waals surface area contributed by atoms with Crippen LogP contribution >= 0.6 is 0 Å². The Morgan fingerprint density at radius 1 is 1.18 bits per heavy atom. The lowest BCUT2D eigenvalue weighted by Crippen LogP contribution is -2.32. The van der Waals surface area contributed by atoms with Gasteiger partial charge in [0.1, 0.15) is 12.7 Å². The van der Waals surface area contributed by atoms with Crippen LogP contribution in [0.5, 0.6) is 0 Å². The van der Waals surface area contributed by atoms with E-state index in [9.17, 15) is 8.42 Å². The number of hydrogen-bond donors (Lipinski definition) is 2. The second kappa shape index (κ2) is 7.44. The lowest BCUT2D eigenvalue weighted by molar-refractivity contribution is 0.597. The third kappa shape index (κ3) is 4.38. The van der Waals surface area contributed by atoms with Gasteiger partial charge in [-0.3, -0.25) is 0 Å². The van der Waals surface area contributed by atoms with E-state index in [-0.39, 0.29) is 5.75 Å². The molecule has 0 saturated heterocycles. The summed E-state index contributed by atoms with van der Waals surface area (Å²) in [6.45, 7) is 1.38. The number of primary sulfonamides is 1. The number of nitrogens with two attached hydrogens (primary N) is 1. The van der Waals surface area contributed by atoms with Crippen molar-refractivity contribution in [2.75, 3.05) is 16.8 Å². The third-order valence-corrected chi connectivity index (χ3v) is 4.99. The molecule has 0 radical (unpaired) electrons. The molecule has 10 nitrogen and oxygen atoms in total. The quantitative estimate of drug-likeness (QED) is 0.637. The van der Waals surface area contributed by atoms with Gasteiger partial charge in [-0.2, -0.15) is 4.98 Å². The third-order valence-electron chi connectivity index (χ3n) is 4.25. The summed E-state index contributed by atoms with van der Waals surface area (Å²) in [7, 11) is -3.60. The molecule has 144 valence electrons. The van der Waals surface area contributed by atoms with Crippen LogP contribution in [-0.4, -0.2) is 39.9 Å². The summed E-state index contributed by atoms with van der Waals surface area (Å²) in [5.74, 6) is 0.681. The van der Waals surface area contributed by atoms with Gasteiger partial charge in [-0.25, -0.2) is 33.5 Å². The minimum atomic E-state index is -3.60. The molecule has 28 heavy (non-hydrogen) atoms. The normalized spacial score (nSPS) is 13.8. The van der Waals surface area contributed by atoms with Crippen molar-refractivity contribution in [2.45, 2.75) is 18.7 Å². The van der Waals surface area contributed by atoms with Crippen LogP contribution in [0.4, 0.5) is 17.6 Å². The van der Waals surface area contributed by atoms with E-state index in [1.54, 1.807) is 30.6 Å². The van der Waals surface area contributed by atoms with Gasteiger partial charge >= 0.3 is 0 Å².